The summed E-state index contributed by atoms with van der Waals surface area (Å²) < 4.78 is 17.3. The number of benzene rings is 2. The van der Waals surface area contributed by atoms with Crippen molar-refractivity contribution < 1.29 is 18.8 Å². The smallest absolute Gasteiger partial charge is 0.332 e. The normalized spacial score (nSPS) is 11.5. The van der Waals surface area contributed by atoms with Crippen molar-refractivity contribution in [1.29, 1.82) is 0 Å². The van der Waals surface area contributed by atoms with Gasteiger partial charge in [0.15, 0.2) is 0 Å². The number of hydrogen-bond acceptors (Lipinski definition) is 6. The van der Waals surface area contributed by atoms with E-state index in [2.05, 4.69) is 75.4 Å². The summed E-state index contributed by atoms with van der Waals surface area (Å²) in [6, 6.07) is 14.9. The minimum atomic E-state index is -0.488. The van der Waals surface area contributed by atoms with Gasteiger partial charge in [-0.1, -0.05) is 33.2 Å². The van der Waals surface area contributed by atoms with Crippen molar-refractivity contribution in [2.45, 2.75) is 66.4 Å². The van der Waals surface area contributed by atoms with Gasteiger partial charge in [0.2, 0.25) is 0 Å². The first-order chi connectivity index (χ1) is 17.0. The summed E-state index contributed by atoms with van der Waals surface area (Å²) in [5.41, 5.74) is 6.06. The van der Waals surface area contributed by atoms with E-state index in [0.29, 0.717) is 6.61 Å². The van der Waals surface area contributed by atoms with Crippen LogP contribution in [0.1, 0.15) is 57.1 Å². The topological polar surface area (TPSA) is 64.8 Å². The predicted octanol–water partition coefficient (Wildman–Crippen LogP) is 7.70. The molecule has 0 bridgehead atoms. The van der Waals surface area contributed by atoms with Crippen LogP contribution in [0.5, 0.6) is 0 Å². The summed E-state index contributed by atoms with van der Waals surface area (Å²) in [4.78, 5) is 14.2. The minimum Gasteiger partial charge on any atom is -0.458 e. The Bertz CT molecular complexity index is 1130. The fourth-order valence-corrected chi connectivity index (χ4v) is 4.40. The number of ether oxygens (including phenoxy) is 2. The fraction of sp³-hybridized carbons (Fsp3) is 0.448. The number of carbonyl (C=O) groups is 1. The van der Waals surface area contributed by atoms with Gasteiger partial charge in [-0.05, 0) is 102 Å². The Morgan fingerprint density at radius 1 is 1.03 bits per heavy atom. The Morgan fingerprint density at radius 2 is 1.75 bits per heavy atom. The van der Waals surface area contributed by atoms with E-state index in [1.807, 2.05) is 34.6 Å². The third-order valence-electron chi connectivity index (χ3n) is 5.77. The predicted molar refractivity (Wildman–Crippen MR) is 148 cm³/mol. The number of unbranched alkanes of at least 4 members (excludes halogenated alkanes) is 2. The molecule has 36 heavy (non-hydrogen) atoms. The Morgan fingerprint density at radius 3 is 2.39 bits per heavy atom. The highest BCUT2D eigenvalue weighted by atomic mass is 79.9. The molecule has 2 aromatic carbocycles. The van der Waals surface area contributed by atoms with Crippen LogP contribution in [-0.4, -0.2) is 36.5 Å². The lowest BCUT2D eigenvalue weighted by molar-refractivity contribution is -0.160. The standard InChI is InChI=1S/C29H37BrN2O4/c1-20-10-11-23(28-21(2)31-36-22(28)3)18-26(20)32(25-14-12-24(30)13-15-25)16-8-7-9-17-34-19-27(33)35-29(4,5)6/h10-15,18H,7-9,16-17,19H2,1-6H3. The molecule has 0 amide bonds. The molecule has 0 spiro atoms. The van der Waals surface area contributed by atoms with Crippen molar-refractivity contribution in [2.24, 2.45) is 0 Å². The Kier molecular flexibility index (Phi) is 9.74. The SMILES string of the molecule is Cc1ccc(-c2c(C)noc2C)cc1N(CCCCCOCC(=O)OC(C)(C)C)c1ccc(Br)cc1. The van der Waals surface area contributed by atoms with Gasteiger partial charge in [0.25, 0.3) is 0 Å². The maximum Gasteiger partial charge on any atom is 0.332 e. The maximum atomic E-state index is 11.8. The average Bonchev–Trinajstić information content (AvgIpc) is 3.14. The number of aryl methyl sites for hydroxylation is 3. The zero-order valence-corrected chi connectivity index (χ0v) is 23.8. The van der Waals surface area contributed by atoms with Gasteiger partial charge in [0.05, 0.1) is 5.69 Å². The van der Waals surface area contributed by atoms with Crippen LogP contribution in [-0.2, 0) is 14.3 Å². The number of carbonyl (C=O) groups excluding carboxylic acids is 1. The molecule has 6 nitrogen and oxygen atoms in total. The second-order valence-corrected chi connectivity index (χ2v) is 10.9. The third kappa shape index (κ3) is 7.93. The quantitative estimate of drug-likeness (QED) is 0.178. The van der Waals surface area contributed by atoms with Gasteiger partial charge >= 0.3 is 5.97 Å². The van der Waals surface area contributed by atoms with Crippen molar-refractivity contribution in [2.75, 3.05) is 24.7 Å². The van der Waals surface area contributed by atoms with Crippen molar-refractivity contribution >= 4 is 33.3 Å². The van der Waals surface area contributed by atoms with Crippen molar-refractivity contribution in [3.63, 3.8) is 0 Å². The molecule has 0 aliphatic heterocycles. The molecule has 1 aromatic heterocycles. The number of nitrogens with zero attached hydrogens (tertiary/aromatic N) is 2. The van der Waals surface area contributed by atoms with Gasteiger partial charge in [-0.3, -0.25) is 0 Å². The van der Waals surface area contributed by atoms with Crippen molar-refractivity contribution in [1.82, 2.24) is 5.16 Å². The Hall–Kier alpha value is -2.64. The third-order valence-corrected chi connectivity index (χ3v) is 6.30. The van der Waals surface area contributed by atoms with E-state index in [9.17, 15) is 4.79 Å². The molecule has 0 unspecified atom stereocenters. The van der Waals surface area contributed by atoms with E-state index < -0.39 is 5.60 Å². The lowest BCUT2D eigenvalue weighted by Gasteiger charge is -2.27. The van der Waals surface area contributed by atoms with E-state index in [0.717, 1.165) is 64.2 Å². The van der Waals surface area contributed by atoms with Crippen LogP contribution in [0, 0.1) is 20.8 Å². The van der Waals surface area contributed by atoms with Crippen LogP contribution in [0.25, 0.3) is 11.1 Å². The van der Waals surface area contributed by atoms with E-state index in [1.54, 1.807) is 0 Å². The highest BCUT2D eigenvalue weighted by Gasteiger charge is 2.18. The second kappa shape index (κ2) is 12.5. The van der Waals surface area contributed by atoms with Crippen LogP contribution in [0.2, 0.25) is 0 Å². The first-order valence-electron chi connectivity index (χ1n) is 12.4. The van der Waals surface area contributed by atoms with Gasteiger partial charge in [-0.2, -0.15) is 0 Å². The Balaban J connectivity index is 1.67. The molecular formula is C29H37BrN2O4. The van der Waals surface area contributed by atoms with Gasteiger partial charge in [-0.15, -0.1) is 0 Å². The lowest BCUT2D eigenvalue weighted by atomic mass is 10.0. The summed E-state index contributed by atoms with van der Waals surface area (Å²) in [5.74, 6) is 0.501. The van der Waals surface area contributed by atoms with Gasteiger partial charge in [-0.25, -0.2) is 4.79 Å². The van der Waals surface area contributed by atoms with Crippen LogP contribution in [0.4, 0.5) is 11.4 Å². The lowest BCUT2D eigenvalue weighted by Crippen LogP contribution is -2.26. The van der Waals surface area contributed by atoms with Crippen LogP contribution in [0.15, 0.2) is 51.5 Å². The molecule has 0 fully saturated rings. The second-order valence-electron chi connectivity index (χ2n) is 10.0. The number of esters is 1. The molecule has 0 radical (unpaired) electrons. The van der Waals surface area contributed by atoms with Crippen LogP contribution < -0.4 is 4.90 Å². The zero-order chi connectivity index (χ0) is 26.3. The zero-order valence-electron chi connectivity index (χ0n) is 22.2. The van der Waals surface area contributed by atoms with Gasteiger partial charge < -0.3 is 18.9 Å². The molecule has 194 valence electrons. The monoisotopic (exact) mass is 556 g/mol. The summed E-state index contributed by atoms with van der Waals surface area (Å²) >= 11 is 3.55. The molecule has 0 N–H and O–H groups in total. The first kappa shape index (κ1) is 27.9. The maximum absolute atomic E-state index is 11.8. The first-order valence-corrected chi connectivity index (χ1v) is 13.2. The summed E-state index contributed by atoms with van der Waals surface area (Å²) in [5, 5.41) is 4.14. The molecule has 0 saturated carbocycles. The summed E-state index contributed by atoms with van der Waals surface area (Å²) in [6.07, 6.45) is 2.86. The molecule has 3 aromatic rings. The number of anilines is 2. The van der Waals surface area contributed by atoms with Gasteiger partial charge in [0, 0.05) is 34.6 Å². The molecule has 7 heteroatoms. The summed E-state index contributed by atoms with van der Waals surface area (Å²) in [7, 11) is 0. The fourth-order valence-electron chi connectivity index (χ4n) is 4.14. The van der Waals surface area contributed by atoms with E-state index in [4.69, 9.17) is 14.0 Å². The largest absolute Gasteiger partial charge is 0.458 e. The Labute approximate surface area is 223 Å². The van der Waals surface area contributed by atoms with Gasteiger partial charge in [0.1, 0.15) is 18.0 Å². The molecule has 0 atom stereocenters. The number of halogens is 1. The molecule has 0 aliphatic carbocycles. The minimum absolute atomic E-state index is 0.00399. The number of rotatable bonds is 11. The van der Waals surface area contributed by atoms with Crippen LogP contribution >= 0.6 is 15.9 Å². The molecule has 3 rings (SSSR count). The van der Waals surface area contributed by atoms with E-state index >= 15 is 0 Å². The highest BCUT2D eigenvalue weighted by Crippen LogP contribution is 2.35. The van der Waals surface area contributed by atoms with Crippen molar-refractivity contribution in [3.05, 3.63) is 64.0 Å². The van der Waals surface area contributed by atoms with Crippen LogP contribution in [0.3, 0.4) is 0 Å². The highest BCUT2D eigenvalue weighted by molar-refractivity contribution is 9.10. The van der Waals surface area contributed by atoms with Crippen molar-refractivity contribution in [3.8, 4) is 11.1 Å². The molecule has 1 heterocycles. The molecular weight excluding hydrogens is 520 g/mol. The number of hydrogen-bond donors (Lipinski definition) is 0. The number of aromatic nitrogens is 1. The summed E-state index contributed by atoms with van der Waals surface area (Å²) in [6.45, 7) is 13.0. The molecule has 0 aliphatic rings. The molecule has 0 saturated heterocycles. The van der Waals surface area contributed by atoms with E-state index in [1.165, 1.54) is 5.56 Å². The van der Waals surface area contributed by atoms with E-state index in [-0.39, 0.29) is 12.6 Å². The average molecular weight is 558 g/mol.